The van der Waals surface area contributed by atoms with Crippen LogP contribution >= 0.6 is 23.8 Å². The maximum atomic E-state index is 6.33. The van der Waals surface area contributed by atoms with Gasteiger partial charge in [-0.15, -0.1) is 0 Å². The van der Waals surface area contributed by atoms with E-state index in [-0.39, 0.29) is 6.04 Å². The topological polar surface area (TPSA) is 28.5 Å². The number of hydrogen-bond acceptors (Lipinski definition) is 1. The van der Waals surface area contributed by atoms with E-state index in [2.05, 4.69) is 49.9 Å². The van der Waals surface area contributed by atoms with E-state index in [4.69, 9.17) is 23.8 Å². The predicted molar refractivity (Wildman–Crippen MR) is 102 cm³/mol. The number of rotatable bonds is 5. The van der Waals surface area contributed by atoms with Gasteiger partial charge in [-0.2, -0.15) is 0 Å². The lowest BCUT2D eigenvalue weighted by Gasteiger charge is -2.24. The molecule has 0 saturated carbocycles. The van der Waals surface area contributed by atoms with Gasteiger partial charge in [0.2, 0.25) is 0 Å². The van der Waals surface area contributed by atoms with Crippen molar-refractivity contribution in [3.63, 3.8) is 0 Å². The van der Waals surface area contributed by atoms with E-state index < -0.39 is 0 Å². The SMILES string of the molecule is Cc1ccc(NC(=S)NC[C@H](c2ccccc2Cl)[NH+](C)C)cc1. The standard InChI is InChI=1S/C18H22ClN3S/c1-13-8-10-14(11-9-13)21-18(23)20-12-17(22(2)3)15-6-4-5-7-16(15)19/h4-11,17H,12H2,1-3H3,(H2,20,21,23)/p+1/t17-/m1/s1. The molecule has 0 radical (unpaired) electrons. The molecule has 3 N–H and O–H groups in total. The fourth-order valence-electron chi connectivity index (χ4n) is 2.39. The summed E-state index contributed by atoms with van der Waals surface area (Å²) in [6.07, 6.45) is 0. The normalized spacial score (nSPS) is 12.0. The van der Waals surface area contributed by atoms with Crippen molar-refractivity contribution < 1.29 is 4.90 Å². The Hall–Kier alpha value is -1.62. The van der Waals surface area contributed by atoms with Gasteiger partial charge in [-0.3, -0.25) is 0 Å². The van der Waals surface area contributed by atoms with Crippen molar-refractivity contribution in [2.45, 2.75) is 13.0 Å². The van der Waals surface area contributed by atoms with E-state index in [9.17, 15) is 0 Å². The van der Waals surface area contributed by atoms with Crippen LogP contribution < -0.4 is 15.5 Å². The monoisotopic (exact) mass is 348 g/mol. The number of anilines is 1. The molecule has 0 aromatic heterocycles. The van der Waals surface area contributed by atoms with E-state index >= 15 is 0 Å². The highest BCUT2D eigenvalue weighted by atomic mass is 35.5. The minimum atomic E-state index is 0.224. The summed E-state index contributed by atoms with van der Waals surface area (Å²) in [6, 6.07) is 16.3. The molecule has 0 saturated heterocycles. The van der Waals surface area contributed by atoms with Crippen molar-refractivity contribution in [1.82, 2.24) is 5.32 Å². The number of likely N-dealkylation sites (N-methyl/N-ethyl adjacent to an activating group) is 1. The third kappa shape index (κ3) is 5.20. The summed E-state index contributed by atoms with van der Waals surface area (Å²) in [5.41, 5.74) is 3.34. The molecule has 122 valence electrons. The third-order valence-corrected chi connectivity index (χ3v) is 4.34. The molecule has 3 nitrogen and oxygen atoms in total. The zero-order valence-corrected chi connectivity index (χ0v) is 15.3. The molecule has 0 spiro atoms. The highest BCUT2D eigenvalue weighted by molar-refractivity contribution is 7.80. The van der Waals surface area contributed by atoms with Gasteiger partial charge in [0, 0.05) is 16.3 Å². The van der Waals surface area contributed by atoms with Gasteiger partial charge in [-0.1, -0.05) is 47.5 Å². The molecule has 0 aliphatic carbocycles. The summed E-state index contributed by atoms with van der Waals surface area (Å²) in [5, 5.41) is 7.91. The molecular formula is C18H23ClN3S+. The van der Waals surface area contributed by atoms with Crippen LogP contribution in [0.2, 0.25) is 5.02 Å². The minimum absolute atomic E-state index is 0.224. The van der Waals surface area contributed by atoms with E-state index in [1.165, 1.54) is 10.5 Å². The first-order valence-electron chi connectivity index (χ1n) is 7.63. The van der Waals surface area contributed by atoms with Gasteiger partial charge in [-0.05, 0) is 37.3 Å². The molecule has 0 bridgehead atoms. The lowest BCUT2D eigenvalue weighted by Crippen LogP contribution is -3.07. The summed E-state index contributed by atoms with van der Waals surface area (Å²) in [5.74, 6) is 0. The molecule has 2 aromatic carbocycles. The minimum Gasteiger partial charge on any atom is -0.356 e. The maximum absolute atomic E-state index is 6.33. The van der Waals surface area contributed by atoms with Crippen molar-refractivity contribution in [1.29, 1.82) is 0 Å². The molecular weight excluding hydrogens is 326 g/mol. The molecule has 0 fully saturated rings. The van der Waals surface area contributed by atoms with Crippen LogP contribution in [-0.2, 0) is 0 Å². The molecule has 0 amide bonds. The number of halogens is 1. The second-order valence-corrected chi connectivity index (χ2v) is 6.67. The lowest BCUT2D eigenvalue weighted by molar-refractivity contribution is -0.890. The second-order valence-electron chi connectivity index (χ2n) is 5.85. The Bertz CT molecular complexity index is 656. The number of benzene rings is 2. The van der Waals surface area contributed by atoms with Crippen molar-refractivity contribution in [3.05, 3.63) is 64.7 Å². The Labute approximate surface area is 148 Å². The van der Waals surface area contributed by atoms with Crippen LogP contribution in [0.3, 0.4) is 0 Å². The number of hydrogen-bond donors (Lipinski definition) is 3. The first-order chi connectivity index (χ1) is 11.0. The quantitative estimate of drug-likeness (QED) is 0.726. The number of thiocarbonyl (C=S) groups is 1. The zero-order valence-electron chi connectivity index (χ0n) is 13.7. The lowest BCUT2D eigenvalue weighted by atomic mass is 10.1. The van der Waals surface area contributed by atoms with E-state index in [0.717, 1.165) is 16.3 Å². The summed E-state index contributed by atoms with van der Waals surface area (Å²) in [7, 11) is 4.23. The Kier molecular flexibility index (Phi) is 6.39. The molecule has 0 heterocycles. The Morgan fingerprint density at radius 3 is 2.39 bits per heavy atom. The first-order valence-corrected chi connectivity index (χ1v) is 8.42. The van der Waals surface area contributed by atoms with E-state index in [0.29, 0.717) is 11.7 Å². The van der Waals surface area contributed by atoms with Crippen molar-refractivity contribution in [2.24, 2.45) is 0 Å². The second kappa shape index (κ2) is 8.29. The Balaban J connectivity index is 1.97. The van der Waals surface area contributed by atoms with Crippen LogP contribution in [0.4, 0.5) is 5.69 Å². The van der Waals surface area contributed by atoms with Crippen LogP contribution in [0.15, 0.2) is 48.5 Å². The molecule has 2 rings (SSSR count). The number of aryl methyl sites for hydroxylation is 1. The smallest absolute Gasteiger partial charge is 0.171 e. The summed E-state index contributed by atoms with van der Waals surface area (Å²) < 4.78 is 0. The Morgan fingerprint density at radius 2 is 1.78 bits per heavy atom. The Morgan fingerprint density at radius 1 is 1.13 bits per heavy atom. The molecule has 0 unspecified atom stereocenters. The fraction of sp³-hybridized carbons (Fsp3) is 0.278. The molecule has 1 atom stereocenters. The summed E-state index contributed by atoms with van der Waals surface area (Å²) in [6.45, 7) is 2.78. The van der Waals surface area contributed by atoms with Crippen LogP contribution in [0.1, 0.15) is 17.2 Å². The van der Waals surface area contributed by atoms with Crippen LogP contribution in [-0.4, -0.2) is 25.8 Å². The molecule has 5 heteroatoms. The average molecular weight is 349 g/mol. The fourth-order valence-corrected chi connectivity index (χ4v) is 2.86. The highest BCUT2D eigenvalue weighted by Crippen LogP contribution is 2.20. The third-order valence-electron chi connectivity index (χ3n) is 3.75. The number of quaternary nitrogens is 1. The van der Waals surface area contributed by atoms with Crippen LogP contribution in [0.5, 0.6) is 0 Å². The van der Waals surface area contributed by atoms with Gasteiger partial charge in [0.05, 0.1) is 20.6 Å². The molecule has 2 aromatic rings. The van der Waals surface area contributed by atoms with Crippen molar-refractivity contribution >= 4 is 34.6 Å². The van der Waals surface area contributed by atoms with Crippen LogP contribution in [0, 0.1) is 6.92 Å². The maximum Gasteiger partial charge on any atom is 0.171 e. The molecule has 0 aliphatic heterocycles. The highest BCUT2D eigenvalue weighted by Gasteiger charge is 2.20. The van der Waals surface area contributed by atoms with Gasteiger partial charge >= 0.3 is 0 Å². The van der Waals surface area contributed by atoms with Gasteiger partial charge in [0.25, 0.3) is 0 Å². The van der Waals surface area contributed by atoms with Gasteiger partial charge in [0.15, 0.2) is 5.11 Å². The van der Waals surface area contributed by atoms with Gasteiger partial charge in [0.1, 0.15) is 6.04 Å². The summed E-state index contributed by atoms with van der Waals surface area (Å²) >= 11 is 11.7. The predicted octanol–water partition coefficient (Wildman–Crippen LogP) is 2.82. The largest absolute Gasteiger partial charge is 0.356 e. The van der Waals surface area contributed by atoms with Crippen molar-refractivity contribution in [3.8, 4) is 0 Å². The molecule has 0 aliphatic rings. The number of nitrogens with one attached hydrogen (secondary N) is 3. The van der Waals surface area contributed by atoms with Crippen LogP contribution in [0.25, 0.3) is 0 Å². The average Bonchev–Trinajstić information content (AvgIpc) is 2.51. The van der Waals surface area contributed by atoms with Crippen molar-refractivity contribution in [2.75, 3.05) is 26.0 Å². The van der Waals surface area contributed by atoms with Gasteiger partial charge < -0.3 is 15.5 Å². The first kappa shape index (κ1) is 17.7. The summed E-state index contributed by atoms with van der Waals surface area (Å²) in [4.78, 5) is 1.30. The zero-order chi connectivity index (χ0) is 16.8. The van der Waals surface area contributed by atoms with E-state index in [1.807, 2.05) is 30.3 Å². The van der Waals surface area contributed by atoms with Gasteiger partial charge in [-0.25, -0.2) is 0 Å². The molecule has 23 heavy (non-hydrogen) atoms. The van der Waals surface area contributed by atoms with E-state index in [1.54, 1.807) is 0 Å².